The van der Waals surface area contributed by atoms with Gasteiger partial charge in [0.2, 0.25) is 11.7 Å². The zero-order valence-corrected chi connectivity index (χ0v) is 6.30. The van der Waals surface area contributed by atoms with Crippen LogP contribution in [0.25, 0.3) is 0 Å². The quantitative estimate of drug-likeness (QED) is 0.449. The summed E-state index contributed by atoms with van der Waals surface area (Å²) in [5.74, 6) is -2.13. The molecule has 0 aromatic carbocycles. The topological polar surface area (TPSA) is 29.1 Å². The number of alkyl halides is 1. The molecule has 3 heteroatoms. The van der Waals surface area contributed by atoms with Gasteiger partial charge in [-0.3, -0.25) is 4.79 Å². The Morgan fingerprint density at radius 2 is 2.09 bits per heavy atom. The summed E-state index contributed by atoms with van der Waals surface area (Å²) in [6.45, 7) is 1.29. The van der Waals surface area contributed by atoms with E-state index < -0.39 is 5.79 Å². The van der Waals surface area contributed by atoms with Crippen LogP contribution in [-0.2, 0) is 4.79 Å². The van der Waals surface area contributed by atoms with Gasteiger partial charge in [-0.25, -0.2) is 4.39 Å². The number of amides is 1. The normalized spacial score (nSPS) is 19.8. The molecule has 0 aromatic rings. The zero-order valence-electron chi connectivity index (χ0n) is 6.30. The number of rotatable bonds is 1. The third-order valence-corrected chi connectivity index (χ3v) is 1.36. The van der Waals surface area contributed by atoms with E-state index >= 15 is 0 Å². The first kappa shape index (κ1) is 7.98. The standard InChI is InChI=1S/C8H10FNO/c1-7(11)10-8(9)5-3-2-4-6-8/h3-6H,2H2,1H3,(H,10,11). The fourth-order valence-corrected chi connectivity index (χ4v) is 0.966. The minimum Gasteiger partial charge on any atom is -0.318 e. The maximum atomic E-state index is 13.3. The molecule has 60 valence electrons. The van der Waals surface area contributed by atoms with E-state index in [4.69, 9.17) is 0 Å². The monoisotopic (exact) mass is 155 g/mol. The maximum Gasteiger partial charge on any atom is 0.220 e. The molecule has 1 aliphatic rings. The lowest BCUT2D eigenvalue weighted by Gasteiger charge is -2.20. The molecular formula is C8H10FNO. The van der Waals surface area contributed by atoms with Gasteiger partial charge in [0.25, 0.3) is 0 Å². The number of carbonyl (C=O) groups is 1. The molecule has 0 spiro atoms. The van der Waals surface area contributed by atoms with Crippen LogP contribution in [0.15, 0.2) is 24.3 Å². The zero-order chi connectivity index (χ0) is 8.32. The number of allylic oxidation sites excluding steroid dienone is 2. The Labute approximate surface area is 64.8 Å². The second-order valence-corrected chi connectivity index (χ2v) is 2.49. The Balaban J connectivity index is 2.65. The lowest BCUT2D eigenvalue weighted by molar-refractivity contribution is -0.121. The molecule has 11 heavy (non-hydrogen) atoms. The molecule has 1 rings (SSSR count). The molecule has 0 fully saturated rings. The molecule has 0 bridgehead atoms. The highest BCUT2D eigenvalue weighted by Gasteiger charge is 2.24. The summed E-state index contributed by atoms with van der Waals surface area (Å²) in [4.78, 5) is 10.5. The smallest absolute Gasteiger partial charge is 0.220 e. The molecule has 0 atom stereocenters. The van der Waals surface area contributed by atoms with E-state index in [0.29, 0.717) is 0 Å². The Bertz CT molecular complexity index is 208. The molecule has 0 aliphatic heterocycles. The minimum absolute atomic E-state index is 0.372. The predicted octanol–water partition coefficient (Wildman–Crippen LogP) is 1.30. The largest absolute Gasteiger partial charge is 0.318 e. The maximum absolute atomic E-state index is 13.3. The average Bonchev–Trinajstić information content (AvgIpc) is 1.85. The van der Waals surface area contributed by atoms with Gasteiger partial charge in [-0.05, 0) is 18.6 Å². The van der Waals surface area contributed by atoms with Crippen molar-refractivity contribution in [2.45, 2.75) is 19.1 Å². The second-order valence-electron chi connectivity index (χ2n) is 2.49. The van der Waals surface area contributed by atoms with E-state index in [0.717, 1.165) is 6.42 Å². The Kier molecular flexibility index (Phi) is 2.08. The molecule has 1 N–H and O–H groups in total. The molecule has 0 saturated heterocycles. The SMILES string of the molecule is CC(=O)NC1(F)C=CCC=C1. The highest BCUT2D eigenvalue weighted by molar-refractivity contribution is 5.74. The summed E-state index contributed by atoms with van der Waals surface area (Å²) in [5, 5.41) is 2.18. The van der Waals surface area contributed by atoms with Crippen molar-refractivity contribution >= 4 is 5.91 Å². The van der Waals surface area contributed by atoms with E-state index in [2.05, 4.69) is 5.32 Å². The summed E-state index contributed by atoms with van der Waals surface area (Å²) in [7, 11) is 0. The van der Waals surface area contributed by atoms with Crippen LogP contribution in [0.2, 0.25) is 0 Å². The first-order valence-electron chi connectivity index (χ1n) is 3.45. The molecule has 0 saturated carbocycles. The minimum atomic E-state index is -1.76. The van der Waals surface area contributed by atoms with Crippen LogP contribution in [0.3, 0.4) is 0 Å². The highest BCUT2D eigenvalue weighted by atomic mass is 19.1. The summed E-state index contributed by atoms with van der Waals surface area (Å²) < 4.78 is 13.3. The van der Waals surface area contributed by atoms with Crippen LogP contribution in [0.1, 0.15) is 13.3 Å². The molecule has 2 nitrogen and oxygen atoms in total. The number of hydrogen-bond donors (Lipinski definition) is 1. The van der Waals surface area contributed by atoms with Crippen LogP contribution in [0.5, 0.6) is 0 Å². The van der Waals surface area contributed by atoms with Crippen molar-refractivity contribution in [3.8, 4) is 0 Å². The third kappa shape index (κ3) is 2.18. The van der Waals surface area contributed by atoms with Crippen molar-refractivity contribution in [2.75, 3.05) is 0 Å². The predicted molar refractivity (Wildman–Crippen MR) is 40.6 cm³/mol. The Hall–Kier alpha value is -1.12. The van der Waals surface area contributed by atoms with Crippen LogP contribution in [-0.4, -0.2) is 11.7 Å². The van der Waals surface area contributed by atoms with Gasteiger partial charge in [0, 0.05) is 6.92 Å². The highest BCUT2D eigenvalue weighted by Crippen LogP contribution is 2.16. The summed E-state index contributed by atoms with van der Waals surface area (Å²) in [6.07, 6.45) is 6.76. The Morgan fingerprint density at radius 1 is 1.55 bits per heavy atom. The van der Waals surface area contributed by atoms with Crippen molar-refractivity contribution in [3.63, 3.8) is 0 Å². The molecular weight excluding hydrogens is 145 g/mol. The van der Waals surface area contributed by atoms with Crippen LogP contribution in [0, 0.1) is 0 Å². The van der Waals surface area contributed by atoms with Gasteiger partial charge < -0.3 is 5.32 Å². The lowest BCUT2D eigenvalue weighted by atomic mass is 10.1. The molecule has 0 heterocycles. The Morgan fingerprint density at radius 3 is 2.55 bits per heavy atom. The summed E-state index contributed by atoms with van der Waals surface area (Å²) in [6, 6.07) is 0. The molecule has 0 unspecified atom stereocenters. The number of hydrogen-bond acceptors (Lipinski definition) is 1. The van der Waals surface area contributed by atoms with Crippen molar-refractivity contribution in [3.05, 3.63) is 24.3 Å². The first-order chi connectivity index (χ1) is 5.12. The lowest BCUT2D eigenvalue weighted by Crippen LogP contribution is -2.40. The van der Waals surface area contributed by atoms with Gasteiger partial charge in [-0.1, -0.05) is 12.2 Å². The van der Waals surface area contributed by atoms with Gasteiger partial charge in [0.15, 0.2) is 0 Å². The van der Waals surface area contributed by atoms with E-state index in [9.17, 15) is 9.18 Å². The van der Waals surface area contributed by atoms with Crippen molar-refractivity contribution < 1.29 is 9.18 Å². The van der Waals surface area contributed by atoms with Crippen LogP contribution >= 0.6 is 0 Å². The van der Waals surface area contributed by atoms with E-state index in [1.807, 2.05) is 0 Å². The van der Waals surface area contributed by atoms with E-state index in [1.165, 1.54) is 19.1 Å². The molecule has 1 aliphatic carbocycles. The summed E-state index contributed by atoms with van der Waals surface area (Å²) in [5.41, 5.74) is 0. The van der Waals surface area contributed by atoms with E-state index in [-0.39, 0.29) is 5.91 Å². The first-order valence-corrected chi connectivity index (χ1v) is 3.45. The average molecular weight is 155 g/mol. The fraction of sp³-hybridized carbons (Fsp3) is 0.375. The van der Waals surface area contributed by atoms with Gasteiger partial charge >= 0.3 is 0 Å². The van der Waals surface area contributed by atoms with Crippen LogP contribution in [0.4, 0.5) is 4.39 Å². The van der Waals surface area contributed by atoms with Gasteiger partial charge in [-0.15, -0.1) is 0 Å². The van der Waals surface area contributed by atoms with E-state index in [1.54, 1.807) is 12.2 Å². The number of nitrogens with one attached hydrogen (secondary N) is 1. The van der Waals surface area contributed by atoms with Gasteiger partial charge in [0.05, 0.1) is 0 Å². The fourth-order valence-electron chi connectivity index (χ4n) is 0.966. The molecule has 0 radical (unpaired) electrons. The van der Waals surface area contributed by atoms with Crippen molar-refractivity contribution in [1.82, 2.24) is 5.32 Å². The van der Waals surface area contributed by atoms with Crippen LogP contribution < -0.4 is 5.32 Å². The number of halogens is 1. The number of carbonyl (C=O) groups excluding carboxylic acids is 1. The second kappa shape index (κ2) is 2.86. The van der Waals surface area contributed by atoms with Gasteiger partial charge in [0.1, 0.15) is 0 Å². The third-order valence-electron chi connectivity index (χ3n) is 1.36. The summed E-state index contributed by atoms with van der Waals surface area (Å²) >= 11 is 0. The molecule has 1 amide bonds. The van der Waals surface area contributed by atoms with Crippen molar-refractivity contribution in [1.29, 1.82) is 0 Å². The van der Waals surface area contributed by atoms with Crippen molar-refractivity contribution in [2.24, 2.45) is 0 Å². The molecule has 0 aromatic heterocycles. The van der Waals surface area contributed by atoms with Gasteiger partial charge in [-0.2, -0.15) is 0 Å².